The standard InChI is InChI=1S/C23H21N3O3S/c1-25-12-20(15-6-4-5-7-18(15)25)30(27,28)14-9-16-21-17-8-13(11-24-17)22(21)26(2)23(16)19(10-14)29-3/h4-7,9-12,17,24H,8H2,1-3H3. The van der Waals surface area contributed by atoms with Gasteiger partial charge in [-0.1, -0.05) is 18.2 Å². The quantitative estimate of drug-likeness (QED) is 0.547. The highest BCUT2D eigenvalue weighted by Crippen LogP contribution is 2.50. The maximum absolute atomic E-state index is 13.7. The summed E-state index contributed by atoms with van der Waals surface area (Å²) < 4.78 is 37.1. The molecule has 6 rings (SSSR count). The van der Waals surface area contributed by atoms with Gasteiger partial charge >= 0.3 is 0 Å². The molecule has 0 spiro atoms. The van der Waals surface area contributed by atoms with Gasteiger partial charge in [0.25, 0.3) is 0 Å². The fourth-order valence-electron chi connectivity index (χ4n) is 5.14. The molecule has 1 atom stereocenters. The Bertz CT molecular complexity index is 1520. The minimum atomic E-state index is -3.74. The molecule has 1 aliphatic heterocycles. The van der Waals surface area contributed by atoms with E-state index in [2.05, 4.69) is 16.1 Å². The zero-order valence-corrected chi connectivity index (χ0v) is 17.7. The largest absolute Gasteiger partial charge is 0.495 e. The number of para-hydroxylation sites is 1. The predicted molar refractivity (Wildman–Crippen MR) is 116 cm³/mol. The first-order valence-electron chi connectivity index (χ1n) is 9.86. The molecule has 0 radical (unpaired) electrons. The lowest BCUT2D eigenvalue weighted by Gasteiger charge is -2.11. The van der Waals surface area contributed by atoms with Crippen LogP contribution in [0.25, 0.3) is 27.4 Å². The summed E-state index contributed by atoms with van der Waals surface area (Å²) in [5, 5.41) is 5.07. The summed E-state index contributed by atoms with van der Waals surface area (Å²) in [5.41, 5.74) is 5.41. The number of nitrogens with one attached hydrogen (secondary N) is 1. The van der Waals surface area contributed by atoms with Crippen LogP contribution in [-0.2, 0) is 23.9 Å². The smallest absolute Gasteiger partial charge is 0.208 e. The number of sulfone groups is 1. The highest BCUT2D eigenvalue weighted by molar-refractivity contribution is 7.91. The molecular formula is C23H21N3O3S. The topological polar surface area (TPSA) is 65.3 Å². The number of hydrogen-bond donors (Lipinski definition) is 1. The Balaban J connectivity index is 1.66. The van der Waals surface area contributed by atoms with E-state index >= 15 is 0 Å². The Morgan fingerprint density at radius 1 is 1.13 bits per heavy atom. The van der Waals surface area contributed by atoms with Gasteiger partial charge in [-0.05, 0) is 17.7 Å². The molecular weight excluding hydrogens is 398 g/mol. The van der Waals surface area contributed by atoms with Crippen LogP contribution in [0.3, 0.4) is 0 Å². The Morgan fingerprint density at radius 3 is 2.73 bits per heavy atom. The lowest BCUT2D eigenvalue weighted by molar-refractivity contribution is 0.416. The first-order chi connectivity index (χ1) is 14.4. The minimum Gasteiger partial charge on any atom is -0.495 e. The van der Waals surface area contributed by atoms with E-state index in [0.717, 1.165) is 28.2 Å². The molecule has 3 heterocycles. The normalized spacial score (nSPS) is 17.4. The average molecular weight is 420 g/mol. The number of hydrogen-bond acceptors (Lipinski definition) is 4. The third-order valence-electron chi connectivity index (χ3n) is 6.48. The van der Waals surface area contributed by atoms with Crippen molar-refractivity contribution in [2.75, 3.05) is 7.11 Å². The minimum absolute atomic E-state index is 0.193. The number of aromatic nitrogens is 2. The molecule has 2 aromatic carbocycles. The monoisotopic (exact) mass is 419 g/mol. The summed E-state index contributed by atoms with van der Waals surface area (Å²) in [4.78, 5) is 0.574. The van der Waals surface area contributed by atoms with Gasteiger partial charge in [-0.3, -0.25) is 0 Å². The van der Waals surface area contributed by atoms with Crippen LogP contribution in [-0.4, -0.2) is 24.7 Å². The molecule has 2 bridgehead atoms. The van der Waals surface area contributed by atoms with Crippen LogP contribution in [0.4, 0.5) is 0 Å². The van der Waals surface area contributed by atoms with E-state index in [9.17, 15) is 8.42 Å². The van der Waals surface area contributed by atoms with Crippen LogP contribution >= 0.6 is 0 Å². The SMILES string of the molecule is COc1cc(S(=O)(=O)c2cn(C)c3ccccc23)cc2c3c(n(C)c12)C1=CNC3C1. The molecule has 6 nitrogen and oxygen atoms in total. The van der Waals surface area contributed by atoms with Crippen LogP contribution in [0.15, 0.2) is 58.6 Å². The molecule has 1 N–H and O–H groups in total. The summed E-state index contributed by atoms with van der Waals surface area (Å²) in [5.74, 6) is 0.572. The maximum atomic E-state index is 13.7. The molecule has 152 valence electrons. The molecule has 0 fully saturated rings. The fraction of sp³-hybridized carbons (Fsp3) is 0.217. The van der Waals surface area contributed by atoms with Gasteiger partial charge in [0.15, 0.2) is 0 Å². The van der Waals surface area contributed by atoms with E-state index in [1.807, 2.05) is 49.0 Å². The molecule has 1 aliphatic carbocycles. The molecule has 4 aromatic rings. The van der Waals surface area contributed by atoms with Crippen molar-refractivity contribution in [1.82, 2.24) is 14.5 Å². The fourth-order valence-corrected chi connectivity index (χ4v) is 6.69. The van der Waals surface area contributed by atoms with E-state index in [-0.39, 0.29) is 10.9 Å². The summed E-state index contributed by atoms with van der Waals surface area (Å²) in [6, 6.07) is 11.2. The molecule has 0 saturated carbocycles. The van der Waals surface area contributed by atoms with Crippen LogP contribution in [0, 0.1) is 0 Å². The third-order valence-corrected chi connectivity index (χ3v) is 8.24. The van der Waals surface area contributed by atoms with Crippen LogP contribution in [0.1, 0.15) is 23.7 Å². The number of benzene rings is 2. The molecule has 1 unspecified atom stereocenters. The Kier molecular flexibility index (Phi) is 3.35. The number of methoxy groups -OCH3 is 1. The van der Waals surface area contributed by atoms with Gasteiger partial charge < -0.3 is 19.2 Å². The average Bonchev–Trinajstić information content (AvgIpc) is 3.50. The number of aryl methyl sites for hydroxylation is 2. The Labute approximate surface area is 174 Å². The number of fused-ring (bicyclic) bond motifs is 8. The van der Waals surface area contributed by atoms with E-state index in [0.29, 0.717) is 10.6 Å². The zero-order valence-electron chi connectivity index (χ0n) is 16.9. The second-order valence-electron chi connectivity index (χ2n) is 8.06. The lowest BCUT2D eigenvalue weighted by atomic mass is 10.1. The second kappa shape index (κ2) is 5.70. The van der Waals surface area contributed by atoms with Gasteiger partial charge in [-0.2, -0.15) is 0 Å². The zero-order chi connectivity index (χ0) is 20.8. The number of nitrogens with zero attached hydrogens (tertiary/aromatic N) is 2. The molecule has 2 aliphatic rings. The summed E-state index contributed by atoms with van der Waals surface area (Å²) in [7, 11) is 1.74. The van der Waals surface area contributed by atoms with Crippen LogP contribution in [0.2, 0.25) is 0 Å². The molecule has 0 saturated heterocycles. The van der Waals surface area contributed by atoms with Crippen molar-refractivity contribution in [3.63, 3.8) is 0 Å². The second-order valence-corrected chi connectivity index (χ2v) is 9.98. The van der Waals surface area contributed by atoms with E-state index < -0.39 is 9.84 Å². The van der Waals surface area contributed by atoms with E-state index in [4.69, 9.17) is 4.74 Å². The van der Waals surface area contributed by atoms with Crippen molar-refractivity contribution in [2.24, 2.45) is 14.1 Å². The van der Waals surface area contributed by atoms with E-state index in [1.54, 1.807) is 19.4 Å². The van der Waals surface area contributed by atoms with Crippen molar-refractivity contribution in [3.05, 3.63) is 60.1 Å². The van der Waals surface area contributed by atoms with E-state index in [1.165, 1.54) is 16.8 Å². The summed E-state index contributed by atoms with van der Waals surface area (Å²) in [6.45, 7) is 0. The third kappa shape index (κ3) is 2.05. The van der Waals surface area contributed by atoms with Crippen molar-refractivity contribution >= 4 is 37.2 Å². The Hall–Kier alpha value is -3.19. The van der Waals surface area contributed by atoms with Crippen LogP contribution in [0.5, 0.6) is 5.75 Å². The van der Waals surface area contributed by atoms with Gasteiger partial charge in [-0.25, -0.2) is 8.42 Å². The molecule has 30 heavy (non-hydrogen) atoms. The maximum Gasteiger partial charge on any atom is 0.208 e. The van der Waals surface area contributed by atoms with Crippen LogP contribution < -0.4 is 10.1 Å². The number of rotatable bonds is 3. The van der Waals surface area contributed by atoms with Crippen molar-refractivity contribution in [1.29, 1.82) is 0 Å². The van der Waals surface area contributed by atoms with Gasteiger partial charge in [0.05, 0.1) is 34.2 Å². The summed E-state index contributed by atoms with van der Waals surface area (Å²) >= 11 is 0. The molecule has 2 aromatic heterocycles. The molecule has 0 amide bonds. The summed E-state index contributed by atoms with van der Waals surface area (Å²) in [6.07, 6.45) is 4.70. The van der Waals surface area contributed by atoms with Gasteiger partial charge in [0, 0.05) is 60.8 Å². The number of ether oxygens (including phenoxy) is 1. The molecule has 7 heteroatoms. The van der Waals surface area contributed by atoms with Crippen molar-refractivity contribution in [3.8, 4) is 5.75 Å². The Morgan fingerprint density at radius 2 is 1.93 bits per heavy atom. The first-order valence-corrected chi connectivity index (χ1v) is 11.3. The van der Waals surface area contributed by atoms with Crippen molar-refractivity contribution < 1.29 is 13.2 Å². The highest BCUT2D eigenvalue weighted by atomic mass is 32.2. The highest BCUT2D eigenvalue weighted by Gasteiger charge is 2.37. The first kappa shape index (κ1) is 17.7. The lowest BCUT2D eigenvalue weighted by Crippen LogP contribution is -2.10. The van der Waals surface area contributed by atoms with Gasteiger partial charge in [0.1, 0.15) is 5.75 Å². The van der Waals surface area contributed by atoms with Gasteiger partial charge in [0.2, 0.25) is 9.84 Å². The predicted octanol–water partition coefficient (Wildman–Crippen LogP) is 3.90. The van der Waals surface area contributed by atoms with Gasteiger partial charge in [-0.15, -0.1) is 0 Å². The van der Waals surface area contributed by atoms with Crippen molar-refractivity contribution in [2.45, 2.75) is 22.3 Å².